The Hall–Kier alpha value is -0.710. The standard InChI is InChI=1S/C15H25N3O4S2.ClH/c1-22-11-8-16-6-7-17-14(19)12-13-4-5-15(23-13)24(20,21)18-9-2-3-10-18;/h4-5,16H,2-3,6-12H2,1H3,(H,17,19);1H. The first-order chi connectivity index (χ1) is 11.5. The molecule has 1 aliphatic rings. The number of ether oxygens (including phenoxy) is 1. The molecule has 0 aliphatic carbocycles. The van der Waals surface area contributed by atoms with Crippen LogP contribution >= 0.6 is 23.7 Å². The first-order valence-corrected chi connectivity index (χ1v) is 10.3. The van der Waals surface area contributed by atoms with Crippen LogP contribution in [0, 0.1) is 0 Å². The average molecular weight is 412 g/mol. The molecular formula is C15H26ClN3O4S2. The second-order valence-corrected chi connectivity index (χ2v) is 8.93. The van der Waals surface area contributed by atoms with Crippen molar-refractivity contribution >= 4 is 39.7 Å². The maximum atomic E-state index is 12.4. The highest BCUT2D eigenvalue weighted by molar-refractivity contribution is 7.91. The van der Waals surface area contributed by atoms with Crippen LogP contribution in [0.4, 0.5) is 0 Å². The van der Waals surface area contributed by atoms with Gasteiger partial charge in [-0.25, -0.2) is 8.42 Å². The van der Waals surface area contributed by atoms with Crippen LogP contribution in [0.15, 0.2) is 16.3 Å². The zero-order chi connectivity index (χ0) is 17.4. The molecule has 2 heterocycles. The summed E-state index contributed by atoms with van der Waals surface area (Å²) in [6.07, 6.45) is 2.04. The summed E-state index contributed by atoms with van der Waals surface area (Å²) in [6.45, 7) is 3.77. The summed E-state index contributed by atoms with van der Waals surface area (Å²) in [5.74, 6) is -0.101. The van der Waals surface area contributed by atoms with E-state index in [0.29, 0.717) is 37.0 Å². The van der Waals surface area contributed by atoms with Gasteiger partial charge in [-0.2, -0.15) is 4.31 Å². The molecule has 1 saturated heterocycles. The first kappa shape index (κ1) is 22.3. The smallest absolute Gasteiger partial charge is 0.252 e. The highest BCUT2D eigenvalue weighted by atomic mass is 35.5. The normalized spacial score (nSPS) is 15.1. The molecule has 0 aromatic carbocycles. The molecular weight excluding hydrogens is 386 g/mol. The Morgan fingerprint density at radius 3 is 2.64 bits per heavy atom. The number of carbonyl (C=O) groups excluding carboxylic acids is 1. The van der Waals surface area contributed by atoms with E-state index < -0.39 is 10.0 Å². The molecule has 25 heavy (non-hydrogen) atoms. The van der Waals surface area contributed by atoms with Gasteiger partial charge < -0.3 is 15.4 Å². The summed E-state index contributed by atoms with van der Waals surface area (Å²) in [6, 6.07) is 3.33. The number of nitrogens with zero attached hydrogens (tertiary/aromatic N) is 1. The summed E-state index contributed by atoms with van der Waals surface area (Å²) in [7, 11) is -1.74. The minimum absolute atomic E-state index is 0. The number of sulfonamides is 1. The second kappa shape index (κ2) is 11.1. The van der Waals surface area contributed by atoms with E-state index in [-0.39, 0.29) is 24.7 Å². The Morgan fingerprint density at radius 2 is 1.96 bits per heavy atom. The lowest BCUT2D eigenvalue weighted by atomic mass is 10.3. The quantitative estimate of drug-likeness (QED) is 0.557. The van der Waals surface area contributed by atoms with E-state index in [4.69, 9.17) is 4.74 Å². The van der Waals surface area contributed by atoms with E-state index in [0.717, 1.165) is 24.3 Å². The summed E-state index contributed by atoms with van der Waals surface area (Å²) in [4.78, 5) is 12.7. The van der Waals surface area contributed by atoms with Crippen molar-refractivity contribution in [1.29, 1.82) is 0 Å². The summed E-state index contributed by atoms with van der Waals surface area (Å²) >= 11 is 1.18. The first-order valence-electron chi connectivity index (χ1n) is 8.09. The number of amides is 1. The van der Waals surface area contributed by atoms with Crippen LogP contribution in [0.25, 0.3) is 0 Å². The fourth-order valence-corrected chi connectivity index (χ4v) is 5.48. The number of halogens is 1. The molecule has 1 aliphatic heterocycles. The fourth-order valence-electron chi connectivity index (χ4n) is 2.46. The van der Waals surface area contributed by atoms with Crippen LogP contribution in [-0.4, -0.2) is 65.1 Å². The maximum Gasteiger partial charge on any atom is 0.252 e. The Kier molecular flexibility index (Phi) is 9.91. The van der Waals surface area contributed by atoms with E-state index in [9.17, 15) is 13.2 Å². The predicted octanol–water partition coefficient (Wildman–Crippen LogP) is 0.849. The van der Waals surface area contributed by atoms with E-state index in [2.05, 4.69) is 10.6 Å². The van der Waals surface area contributed by atoms with Gasteiger partial charge in [-0.05, 0) is 25.0 Å². The number of carbonyl (C=O) groups is 1. The maximum absolute atomic E-state index is 12.4. The highest BCUT2D eigenvalue weighted by Gasteiger charge is 2.28. The SMILES string of the molecule is COCCNCCNC(=O)Cc1ccc(S(=O)(=O)N2CCCC2)s1.Cl. The molecule has 1 aromatic heterocycles. The van der Waals surface area contributed by atoms with Crippen molar-refractivity contribution in [3.8, 4) is 0 Å². The monoisotopic (exact) mass is 411 g/mol. The van der Waals surface area contributed by atoms with Crippen molar-refractivity contribution in [2.45, 2.75) is 23.5 Å². The van der Waals surface area contributed by atoms with Gasteiger partial charge in [-0.15, -0.1) is 23.7 Å². The van der Waals surface area contributed by atoms with Crippen molar-refractivity contribution < 1.29 is 17.9 Å². The van der Waals surface area contributed by atoms with Crippen molar-refractivity contribution in [1.82, 2.24) is 14.9 Å². The van der Waals surface area contributed by atoms with Gasteiger partial charge >= 0.3 is 0 Å². The van der Waals surface area contributed by atoms with E-state index in [1.165, 1.54) is 15.6 Å². The number of nitrogens with one attached hydrogen (secondary N) is 2. The fraction of sp³-hybridized carbons (Fsp3) is 0.667. The van der Waals surface area contributed by atoms with Crippen molar-refractivity contribution in [2.75, 3.05) is 46.4 Å². The molecule has 0 radical (unpaired) electrons. The molecule has 0 bridgehead atoms. The van der Waals surface area contributed by atoms with E-state index in [1.807, 2.05) is 0 Å². The number of thiophene rings is 1. The zero-order valence-electron chi connectivity index (χ0n) is 14.3. The Labute approximate surface area is 159 Å². The lowest BCUT2D eigenvalue weighted by Crippen LogP contribution is -2.33. The summed E-state index contributed by atoms with van der Waals surface area (Å²) in [5.41, 5.74) is 0. The largest absolute Gasteiger partial charge is 0.383 e. The Morgan fingerprint density at radius 1 is 1.24 bits per heavy atom. The second-order valence-electron chi connectivity index (χ2n) is 5.60. The lowest BCUT2D eigenvalue weighted by Gasteiger charge is -2.13. The third-order valence-electron chi connectivity index (χ3n) is 3.74. The molecule has 1 fully saturated rings. The van der Waals surface area contributed by atoms with Crippen LogP contribution in [0.2, 0.25) is 0 Å². The van der Waals surface area contributed by atoms with Gasteiger partial charge in [-0.3, -0.25) is 4.79 Å². The van der Waals surface area contributed by atoms with Crippen molar-refractivity contribution in [3.05, 3.63) is 17.0 Å². The van der Waals surface area contributed by atoms with Gasteiger partial charge in [0.2, 0.25) is 5.91 Å². The van der Waals surface area contributed by atoms with Crippen LogP contribution in [0.3, 0.4) is 0 Å². The van der Waals surface area contributed by atoms with E-state index in [1.54, 1.807) is 19.2 Å². The molecule has 0 saturated carbocycles. The molecule has 1 amide bonds. The minimum atomic E-state index is -3.39. The van der Waals surface area contributed by atoms with Gasteiger partial charge in [0.1, 0.15) is 4.21 Å². The lowest BCUT2D eigenvalue weighted by molar-refractivity contribution is -0.120. The Bertz CT molecular complexity index is 630. The molecule has 2 N–H and O–H groups in total. The molecule has 2 rings (SSSR count). The number of rotatable bonds is 10. The minimum Gasteiger partial charge on any atom is -0.383 e. The molecule has 144 valence electrons. The molecule has 0 atom stereocenters. The summed E-state index contributed by atoms with van der Waals surface area (Å²) < 4.78 is 31.7. The molecule has 0 unspecified atom stereocenters. The van der Waals surface area contributed by atoms with Gasteiger partial charge in [0, 0.05) is 44.7 Å². The topological polar surface area (TPSA) is 87.7 Å². The van der Waals surface area contributed by atoms with E-state index >= 15 is 0 Å². The van der Waals surface area contributed by atoms with Gasteiger partial charge in [0.25, 0.3) is 10.0 Å². The number of hydrogen-bond donors (Lipinski definition) is 2. The highest BCUT2D eigenvalue weighted by Crippen LogP contribution is 2.27. The average Bonchev–Trinajstić information content (AvgIpc) is 3.22. The van der Waals surface area contributed by atoms with Crippen molar-refractivity contribution in [3.63, 3.8) is 0 Å². The van der Waals surface area contributed by atoms with Gasteiger partial charge in [0.15, 0.2) is 0 Å². The summed E-state index contributed by atoms with van der Waals surface area (Å²) in [5, 5.41) is 5.95. The molecule has 7 nitrogen and oxygen atoms in total. The Balaban J connectivity index is 0.00000312. The number of hydrogen-bond acceptors (Lipinski definition) is 6. The van der Waals surface area contributed by atoms with Crippen LogP contribution in [0.5, 0.6) is 0 Å². The van der Waals surface area contributed by atoms with Gasteiger partial charge in [0.05, 0.1) is 13.0 Å². The third kappa shape index (κ3) is 6.84. The van der Waals surface area contributed by atoms with Crippen LogP contribution in [-0.2, 0) is 26.0 Å². The van der Waals surface area contributed by atoms with Crippen LogP contribution in [0.1, 0.15) is 17.7 Å². The zero-order valence-corrected chi connectivity index (χ0v) is 16.8. The van der Waals surface area contributed by atoms with Crippen LogP contribution < -0.4 is 10.6 Å². The molecule has 1 aromatic rings. The predicted molar refractivity (Wildman–Crippen MR) is 101 cm³/mol. The van der Waals surface area contributed by atoms with Crippen molar-refractivity contribution in [2.24, 2.45) is 0 Å². The third-order valence-corrected chi connectivity index (χ3v) is 7.19. The molecule has 0 spiro atoms. The van der Waals surface area contributed by atoms with Gasteiger partial charge in [-0.1, -0.05) is 0 Å². The molecule has 10 heteroatoms. The number of methoxy groups -OCH3 is 1.